The normalized spacial score (nSPS) is 22.1. The number of carbonyl (C=O) groups is 2. The molecule has 3 rings (SSSR count). The molecule has 1 heterocycles. The maximum atomic E-state index is 12.9. The third-order valence-corrected chi connectivity index (χ3v) is 4.24. The van der Waals surface area contributed by atoms with Gasteiger partial charge in [0.15, 0.2) is 0 Å². The van der Waals surface area contributed by atoms with Crippen molar-refractivity contribution in [3.05, 3.63) is 35.9 Å². The van der Waals surface area contributed by atoms with Crippen LogP contribution in [0.2, 0.25) is 0 Å². The van der Waals surface area contributed by atoms with E-state index in [1.54, 1.807) is 0 Å². The SMILES string of the molecule is CF.Cc1ccccc1.O=C(CC1CCC(F)CC1)N1CCOC1=O. The number of alkyl halides is 2. The second-order valence-electron chi connectivity index (χ2n) is 6.14. The van der Waals surface area contributed by atoms with E-state index < -0.39 is 12.3 Å². The van der Waals surface area contributed by atoms with Crippen LogP contribution in [-0.2, 0) is 9.53 Å². The van der Waals surface area contributed by atoms with E-state index >= 15 is 0 Å². The fourth-order valence-electron chi connectivity index (χ4n) is 2.84. The number of hydrogen-bond acceptors (Lipinski definition) is 3. The Morgan fingerprint density at radius 1 is 1.16 bits per heavy atom. The Kier molecular flexibility index (Phi) is 9.73. The summed E-state index contributed by atoms with van der Waals surface area (Å²) < 4.78 is 27.1. The van der Waals surface area contributed by atoms with Gasteiger partial charge in [0.25, 0.3) is 0 Å². The Morgan fingerprint density at radius 3 is 2.20 bits per heavy atom. The van der Waals surface area contributed by atoms with Gasteiger partial charge in [-0.25, -0.2) is 14.1 Å². The van der Waals surface area contributed by atoms with Crippen molar-refractivity contribution in [1.29, 1.82) is 0 Å². The van der Waals surface area contributed by atoms with Gasteiger partial charge in [0.2, 0.25) is 5.91 Å². The highest BCUT2D eigenvalue weighted by molar-refractivity contribution is 5.93. The fourth-order valence-corrected chi connectivity index (χ4v) is 2.84. The van der Waals surface area contributed by atoms with Crippen LogP contribution in [0.4, 0.5) is 13.6 Å². The van der Waals surface area contributed by atoms with E-state index in [-0.39, 0.29) is 11.8 Å². The van der Waals surface area contributed by atoms with E-state index in [0.717, 1.165) is 17.7 Å². The smallest absolute Gasteiger partial charge is 0.416 e. The van der Waals surface area contributed by atoms with Crippen LogP contribution in [0.3, 0.4) is 0 Å². The molecule has 1 aromatic rings. The number of nitrogens with zero attached hydrogens (tertiary/aromatic N) is 1. The molecule has 140 valence electrons. The molecule has 1 aliphatic carbocycles. The van der Waals surface area contributed by atoms with E-state index in [4.69, 9.17) is 4.74 Å². The molecule has 0 aromatic heterocycles. The lowest BCUT2D eigenvalue weighted by atomic mass is 9.86. The van der Waals surface area contributed by atoms with E-state index in [1.165, 1.54) is 5.56 Å². The maximum Gasteiger partial charge on any atom is 0.416 e. The lowest BCUT2D eigenvalue weighted by Crippen LogP contribution is -2.33. The standard InChI is InChI=1S/C11H16FNO3.C7H8.CH3F/c12-9-3-1-8(2-4-9)7-10(14)13-5-6-16-11(13)15;1-7-5-3-2-4-6-7;1-2/h8-9H,1-7H2;2-6H,1H3;1H3. The Balaban J connectivity index is 0.000000290. The summed E-state index contributed by atoms with van der Waals surface area (Å²) >= 11 is 0. The summed E-state index contributed by atoms with van der Waals surface area (Å²) in [6.45, 7) is 2.73. The van der Waals surface area contributed by atoms with Gasteiger partial charge in [-0.2, -0.15) is 0 Å². The molecule has 0 spiro atoms. The molecule has 1 aliphatic heterocycles. The summed E-state index contributed by atoms with van der Waals surface area (Å²) in [5, 5.41) is 0. The first kappa shape index (κ1) is 21.1. The van der Waals surface area contributed by atoms with E-state index in [1.807, 2.05) is 18.2 Å². The molecule has 0 N–H and O–H groups in total. The van der Waals surface area contributed by atoms with Crippen LogP contribution >= 0.6 is 0 Å². The molecule has 0 atom stereocenters. The maximum absolute atomic E-state index is 12.9. The van der Waals surface area contributed by atoms with Crippen LogP contribution < -0.4 is 0 Å². The minimum Gasteiger partial charge on any atom is -0.447 e. The molecular formula is C19H27F2NO3. The molecule has 4 nitrogen and oxygen atoms in total. The number of hydrogen-bond donors (Lipinski definition) is 0. The zero-order chi connectivity index (χ0) is 18.7. The molecular weight excluding hydrogens is 328 g/mol. The van der Waals surface area contributed by atoms with Crippen molar-refractivity contribution in [3.63, 3.8) is 0 Å². The number of rotatable bonds is 2. The van der Waals surface area contributed by atoms with Crippen LogP contribution in [0.5, 0.6) is 0 Å². The minimum absolute atomic E-state index is 0.176. The number of cyclic esters (lactones) is 1. The highest BCUT2D eigenvalue weighted by atomic mass is 19.1. The molecule has 1 saturated carbocycles. The number of aryl methyl sites for hydroxylation is 1. The summed E-state index contributed by atoms with van der Waals surface area (Å²) in [6, 6.07) is 10.3. The van der Waals surface area contributed by atoms with Gasteiger partial charge in [0.05, 0.1) is 13.7 Å². The molecule has 0 bridgehead atoms. The number of imide groups is 1. The van der Waals surface area contributed by atoms with Crippen LogP contribution in [0.1, 0.15) is 37.7 Å². The summed E-state index contributed by atoms with van der Waals surface area (Å²) in [6.07, 6.45) is 1.69. The van der Waals surface area contributed by atoms with Gasteiger partial charge in [-0.1, -0.05) is 35.9 Å². The third-order valence-electron chi connectivity index (χ3n) is 4.24. The molecule has 0 unspecified atom stereocenters. The number of carbonyl (C=O) groups excluding carboxylic acids is 2. The van der Waals surface area contributed by atoms with Crippen LogP contribution in [0.15, 0.2) is 30.3 Å². The average Bonchev–Trinajstić information content (AvgIpc) is 3.06. The molecule has 25 heavy (non-hydrogen) atoms. The Labute approximate surface area is 148 Å². The summed E-state index contributed by atoms with van der Waals surface area (Å²) in [4.78, 5) is 24.0. The van der Waals surface area contributed by atoms with E-state index in [0.29, 0.717) is 39.6 Å². The predicted molar refractivity (Wildman–Crippen MR) is 92.7 cm³/mol. The average molecular weight is 355 g/mol. The summed E-state index contributed by atoms with van der Waals surface area (Å²) in [7, 11) is 0.500. The second-order valence-corrected chi connectivity index (χ2v) is 6.14. The van der Waals surface area contributed by atoms with Gasteiger partial charge in [-0.05, 0) is 38.5 Å². The first-order valence-corrected chi connectivity index (χ1v) is 8.57. The van der Waals surface area contributed by atoms with Crippen molar-refractivity contribution < 1.29 is 23.1 Å². The van der Waals surface area contributed by atoms with Crippen LogP contribution in [0.25, 0.3) is 0 Å². The number of halogens is 2. The van der Waals surface area contributed by atoms with Gasteiger partial charge in [-0.15, -0.1) is 0 Å². The zero-order valence-corrected chi connectivity index (χ0v) is 14.9. The van der Waals surface area contributed by atoms with Gasteiger partial charge in [0, 0.05) is 6.42 Å². The molecule has 2 fully saturated rings. The van der Waals surface area contributed by atoms with Crippen molar-refractivity contribution in [2.75, 3.05) is 20.3 Å². The van der Waals surface area contributed by atoms with E-state index in [9.17, 15) is 18.4 Å². The highest BCUT2D eigenvalue weighted by Gasteiger charge is 2.31. The molecule has 6 heteroatoms. The fraction of sp³-hybridized carbons (Fsp3) is 0.579. The Bertz CT molecular complexity index is 517. The number of amides is 2. The van der Waals surface area contributed by atoms with E-state index in [2.05, 4.69) is 19.1 Å². The van der Waals surface area contributed by atoms with Gasteiger partial charge < -0.3 is 4.74 Å². The second kappa shape index (κ2) is 11.6. The van der Waals surface area contributed by atoms with Gasteiger partial charge in [0.1, 0.15) is 12.8 Å². The van der Waals surface area contributed by atoms with Crippen LogP contribution in [0, 0.1) is 12.8 Å². The first-order valence-electron chi connectivity index (χ1n) is 8.57. The topological polar surface area (TPSA) is 46.6 Å². The molecule has 1 saturated heterocycles. The molecule has 2 aliphatic rings. The monoisotopic (exact) mass is 355 g/mol. The lowest BCUT2D eigenvalue weighted by molar-refractivity contribution is -0.129. The molecule has 0 radical (unpaired) electrons. The predicted octanol–water partition coefficient (Wildman–Crippen LogP) is 4.46. The summed E-state index contributed by atoms with van der Waals surface area (Å²) in [5.41, 5.74) is 1.32. The van der Waals surface area contributed by atoms with Gasteiger partial charge in [-0.3, -0.25) is 9.18 Å². The third kappa shape index (κ3) is 7.63. The van der Waals surface area contributed by atoms with Crippen molar-refractivity contribution in [2.45, 2.75) is 45.2 Å². The number of ether oxygens (including phenoxy) is 1. The molecule has 1 aromatic carbocycles. The largest absolute Gasteiger partial charge is 0.447 e. The van der Waals surface area contributed by atoms with Crippen molar-refractivity contribution >= 4 is 12.0 Å². The first-order chi connectivity index (χ1) is 12.1. The lowest BCUT2D eigenvalue weighted by Gasteiger charge is -2.24. The quantitative estimate of drug-likeness (QED) is 0.787. The highest BCUT2D eigenvalue weighted by Crippen LogP contribution is 2.29. The zero-order valence-electron chi connectivity index (χ0n) is 14.9. The Hall–Kier alpha value is -1.98. The van der Waals surface area contributed by atoms with Crippen LogP contribution in [-0.4, -0.2) is 43.4 Å². The summed E-state index contributed by atoms with van der Waals surface area (Å²) in [5.74, 6) is 0.0534. The Morgan fingerprint density at radius 2 is 1.76 bits per heavy atom. The van der Waals surface area contributed by atoms with Gasteiger partial charge >= 0.3 is 6.09 Å². The van der Waals surface area contributed by atoms with Crippen molar-refractivity contribution in [3.8, 4) is 0 Å². The van der Waals surface area contributed by atoms with Crippen molar-refractivity contribution in [1.82, 2.24) is 4.90 Å². The number of benzene rings is 1. The van der Waals surface area contributed by atoms with Crippen molar-refractivity contribution in [2.24, 2.45) is 5.92 Å². The molecule has 2 amide bonds. The minimum atomic E-state index is -0.705.